The highest BCUT2D eigenvalue weighted by molar-refractivity contribution is 14.1. The molecule has 0 heterocycles. The molecule has 3 aromatic carbocycles. The van der Waals surface area contributed by atoms with Crippen molar-refractivity contribution in [1.29, 1.82) is 0 Å². The third-order valence-electron chi connectivity index (χ3n) is 4.18. The van der Waals surface area contributed by atoms with E-state index in [0.717, 1.165) is 9.13 Å². The summed E-state index contributed by atoms with van der Waals surface area (Å²) in [6, 6.07) is 17.6. The zero-order valence-corrected chi connectivity index (χ0v) is 19.4. The summed E-state index contributed by atoms with van der Waals surface area (Å²) in [6.07, 6.45) is 1.48. The van der Waals surface area contributed by atoms with Gasteiger partial charge in [0.1, 0.15) is 13.2 Å². The Kier molecular flexibility index (Phi) is 8.07. The Morgan fingerprint density at radius 1 is 1.10 bits per heavy atom. The fourth-order valence-electron chi connectivity index (χ4n) is 2.66. The Balaban J connectivity index is 1.64. The highest BCUT2D eigenvalue weighted by Gasteiger charge is 2.12. The average Bonchev–Trinajstić information content (AvgIpc) is 2.77. The normalized spacial score (nSPS) is 10.8. The average molecular weight is 553 g/mol. The largest absolute Gasteiger partial charge is 0.493 e. The summed E-state index contributed by atoms with van der Waals surface area (Å²) in [4.78, 5) is 15.6. The van der Waals surface area contributed by atoms with Crippen LogP contribution in [0.25, 0.3) is 0 Å². The predicted octanol–water partition coefficient (Wildman–Crippen LogP) is 5.99. The number of non-ortho nitro benzene ring substituents is 1. The van der Waals surface area contributed by atoms with Gasteiger partial charge in [-0.3, -0.25) is 10.1 Å². The molecule has 0 amide bonds. The molecule has 0 spiro atoms. The summed E-state index contributed by atoms with van der Waals surface area (Å²) in [6.45, 7) is 0.451. The molecule has 0 atom stereocenters. The van der Waals surface area contributed by atoms with Crippen LogP contribution in [0.5, 0.6) is 11.5 Å². The minimum Gasteiger partial charge on any atom is -0.493 e. The van der Waals surface area contributed by atoms with Crippen LogP contribution in [0.2, 0.25) is 5.02 Å². The van der Waals surface area contributed by atoms with Crippen molar-refractivity contribution in [1.82, 2.24) is 0 Å². The molecule has 9 heteroatoms. The van der Waals surface area contributed by atoms with E-state index in [-0.39, 0.29) is 12.3 Å². The van der Waals surface area contributed by atoms with Crippen LogP contribution in [0.4, 0.5) is 5.69 Å². The first kappa shape index (κ1) is 22.8. The van der Waals surface area contributed by atoms with Gasteiger partial charge in [-0.15, -0.1) is 0 Å². The summed E-state index contributed by atoms with van der Waals surface area (Å²) < 4.78 is 12.4. The third-order valence-corrected chi connectivity index (χ3v) is 5.18. The van der Waals surface area contributed by atoms with Crippen LogP contribution in [-0.4, -0.2) is 18.2 Å². The molecule has 160 valence electrons. The number of benzene rings is 3. The zero-order chi connectivity index (χ0) is 22.2. The molecule has 7 nitrogen and oxygen atoms in total. The number of rotatable bonds is 9. The van der Waals surface area contributed by atoms with Crippen LogP contribution in [0.15, 0.2) is 65.8 Å². The van der Waals surface area contributed by atoms with Crippen LogP contribution in [0, 0.1) is 13.7 Å². The summed E-state index contributed by atoms with van der Waals surface area (Å²) in [7, 11) is 1.53. The van der Waals surface area contributed by atoms with Crippen molar-refractivity contribution in [3.8, 4) is 11.5 Å². The molecule has 0 aliphatic heterocycles. The topological polar surface area (TPSA) is 83.2 Å². The van der Waals surface area contributed by atoms with E-state index in [1.165, 1.54) is 25.5 Å². The molecular formula is C22H18ClIN2O5. The van der Waals surface area contributed by atoms with Gasteiger partial charge in [-0.2, -0.15) is 0 Å². The van der Waals surface area contributed by atoms with Crippen molar-refractivity contribution in [2.45, 2.75) is 13.2 Å². The van der Waals surface area contributed by atoms with Crippen LogP contribution in [0.1, 0.15) is 16.7 Å². The molecule has 3 aromatic rings. The minimum absolute atomic E-state index is 0.00224. The number of halogens is 2. The van der Waals surface area contributed by atoms with E-state index < -0.39 is 4.92 Å². The summed E-state index contributed by atoms with van der Waals surface area (Å²) in [5, 5.41) is 15.1. The maximum absolute atomic E-state index is 10.8. The third kappa shape index (κ3) is 6.56. The van der Waals surface area contributed by atoms with Crippen molar-refractivity contribution < 1.29 is 19.2 Å². The molecular weight excluding hydrogens is 535 g/mol. The fraction of sp³-hybridized carbons (Fsp3) is 0.136. The minimum atomic E-state index is -0.455. The van der Waals surface area contributed by atoms with Crippen LogP contribution >= 0.6 is 34.2 Å². The Bertz CT molecular complexity index is 1090. The van der Waals surface area contributed by atoms with Crippen LogP contribution < -0.4 is 9.47 Å². The van der Waals surface area contributed by atoms with Crippen molar-refractivity contribution in [2.75, 3.05) is 7.11 Å². The number of hydrogen-bond donors (Lipinski definition) is 0. The lowest BCUT2D eigenvalue weighted by Crippen LogP contribution is -1.99. The molecule has 3 rings (SSSR count). The Morgan fingerprint density at radius 2 is 1.87 bits per heavy atom. The van der Waals surface area contributed by atoms with E-state index in [0.29, 0.717) is 34.3 Å². The lowest BCUT2D eigenvalue weighted by Gasteiger charge is -2.13. The maximum Gasteiger partial charge on any atom is 0.269 e. The first-order valence-electron chi connectivity index (χ1n) is 9.09. The van der Waals surface area contributed by atoms with Crippen molar-refractivity contribution >= 4 is 46.1 Å². The molecule has 0 aliphatic carbocycles. The van der Waals surface area contributed by atoms with E-state index >= 15 is 0 Å². The highest BCUT2D eigenvalue weighted by atomic mass is 127. The van der Waals surface area contributed by atoms with Gasteiger partial charge in [-0.1, -0.05) is 41.0 Å². The number of nitro groups is 1. The number of nitro benzene ring substituents is 1. The molecule has 0 aromatic heterocycles. The van der Waals surface area contributed by atoms with Gasteiger partial charge >= 0.3 is 0 Å². The number of nitrogens with zero attached hydrogens (tertiary/aromatic N) is 2. The van der Waals surface area contributed by atoms with Gasteiger partial charge in [0.2, 0.25) is 0 Å². The molecule has 0 aliphatic rings. The Morgan fingerprint density at radius 3 is 2.58 bits per heavy atom. The highest BCUT2D eigenvalue weighted by Crippen LogP contribution is 2.36. The molecule has 0 saturated heterocycles. The van der Waals surface area contributed by atoms with Crippen molar-refractivity contribution in [2.24, 2.45) is 5.16 Å². The van der Waals surface area contributed by atoms with E-state index in [4.69, 9.17) is 25.9 Å². The van der Waals surface area contributed by atoms with Crippen LogP contribution in [0.3, 0.4) is 0 Å². The van der Waals surface area contributed by atoms with Gasteiger partial charge in [-0.25, -0.2) is 0 Å². The van der Waals surface area contributed by atoms with E-state index in [1.54, 1.807) is 24.3 Å². The first-order chi connectivity index (χ1) is 15.0. The summed E-state index contributed by atoms with van der Waals surface area (Å²) in [5.74, 6) is 0.913. The summed E-state index contributed by atoms with van der Waals surface area (Å²) in [5.41, 5.74) is 2.31. The number of ether oxygens (including phenoxy) is 2. The van der Waals surface area contributed by atoms with Gasteiger partial charge in [0.05, 0.1) is 23.3 Å². The predicted molar refractivity (Wildman–Crippen MR) is 127 cm³/mol. The molecule has 0 N–H and O–H groups in total. The first-order valence-corrected chi connectivity index (χ1v) is 10.6. The lowest BCUT2D eigenvalue weighted by atomic mass is 10.2. The number of oxime groups is 1. The fourth-order valence-corrected chi connectivity index (χ4v) is 3.29. The zero-order valence-electron chi connectivity index (χ0n) is 16.5. The summed E-state index contributed by atoms with van der Waals surface area (Å²) >= 11 is 8.63. The molecule has 0 unspecified atom stereocenters. The second-order valence-corrected chi connectivity index (χ2v) is 8.04. The van der Waals surface area contributed by atoms with Gasteiger partial charge < -0.3 is 14.3 Å². The standard InChI is InChI=1S/C22H18ClIN2O5/c1-29-21-11-17(12-25-31-14-16-3-2-4-19(9-16)26(27)28)10-20(23)22(21)30-13-15-5-7-18(24)8-6-15/h2-12H,13-14H2,1H3/b25-12-. The molecule has 0 radical (unpaired) electrons. The molecule has 0 fully saturated rings. The lowest BCUT2D eigenvalue weighted by molar-refractivity contribution is -0.384. The van der Waals surface area contributed by atoms with E-state index in [1.807, 2.05) is 24.3 Å². The Labute approximate surface area is 197 Å². The SMILES string of the molecule is COc1cc(/C=N\OCc2cccc([N+](=O)[O-])c2)cc(Cl)c1OCc1ccc(I)cc1. The number of methoxy groups -OCH3 is 1. The molecule has 0 bridgehead atoms. The quantitative estimate of drug-likeness (QED) is 0.141. The van der Waals surface area contributed by atoms with Crippen molar-refractivity contribution in [3.63, 3.8) is 0 Å². The monoisotopic (exact) mass is 552 g/mol. The van der Waals surface area contributed by atoms with Crippen molar-refractivity contribution in [3.05, 3.63) is 96.1 Å². The van der Waals surface area contributed by atoms with Gasteiger partial charge in [0.15, 0.2) is 11.5 Å². The number of hydrogen-bond acceptors (Lipinski definition) is 6. The molecule has 0 saturated carbocycles. The smallest absolute Gasteiger partial charge is 0.269 e. The van der Waals surface area contributed by atoms with Gasteiger partial charge in [0, 0.05) is 21.3 Å². The Hall–Kier alpha value is -2.85. The maximum atomic E-state index is 10.8. The van der Waals surface area contributed by atoms with Crippen LogP contribution in [-0.2, 0) is 18.1 Å². The van der Waals surface area contributed by atoms with E-state index in [2.05, 4.69) is 27.7 Å². The second-order valence-electron chi connectivity index (χ2n) is 6.38. The van der Waals surface area contributed by atoms with Gasteiger partial charge in [-0.05, 0) is 58.0 Å². The van der Waals surface area contributed by atoms with E-state index in [9.17, 15) is 10.1 Å². The molecule has 31 heavy (non-hydrogen) atoms. The second kappa shape index (κ2) is 11.0. The van der Waals surface area contributed by atoms with Gasteiger partial charge in [0.25, 0.3) is 5.69 Å².